The van der Waals surface area contributed by atoms with E-state index in [1.54, 1.807) is 30.5 Å². The van der Waals surface area contributed by atoms with Crippen molar-refractivity contribution in [3.63, 3.8) is 0 Å². The van der Waals surface area contributed by atoms with Gasteiger partial charge in [-0.05, 0) is 47.0 Å². The van der Waals surface area contributed by atoms with Crippen molar-refractivity contribution in [2.75, 3.05) is 20.1 Å². The number of rotatable bonds is 12. The van der Waals surface area contributed by atoms with Gasteiger partial charge in [0, 0.05) is 49.9 Å². The number of aliphatic hydroxyl groups is 1. The number of hydrogen-bond acceptors (Lipinski definition) is 6. The summed E-state index contributed by atoms with van der Waals surface area (Å²) < 4.78 is 82.4. The van der Waals surface area contributed by atoms with Crippen LogP contribution in [0.3, 0.4) is 0 Å². The Balaban J connectivity index is 1.18. The largest absolute Gasteiger partial charge is 0.392 e. The van der Waals surface area contributed by atoms with Gasteiger partial charge < -0.3 is 24.8 Å². The van der Waals surface area contributed by atoms with Gasteiger partial charge in [-0.2, -0.15) is 0 Å². The molecule has 2 heterocycles. The molecule has 4 aromatic carbocycles. The second-order valence-corrected chi connectivity index (χ2v) is 12.6. The third-order valence-electron chi connectivity index (χ3n) is 8.99. The van der Waals surface area contributed by atoms with Gasteiger partial charge in [0.25, 0.3) is 5.91 Å². The van der Waals surface area contributed by atoms with Crippen molar-refractivity contribution >= 4 is 5.91 Å². The topological polar surface area (TPSA) is 83.9 Å². The summed E-state index contributed by atoms with van der Waals surface area (Å²) in [7, 11) is 2.04. The number of likely N-dealkylation sites (N-methyl/N-ethyl adjacent to an activating group) is 1. The predicted octanol–water partition coefficient (Wildman–Crippen LogP) is 7.59. The minimum atomic E-state index is -2.34. The molecule has 0 radical (unpaired) electrons. The van der Waals surface area contributed by atoms with Crippen LogP contribution in [0.25, 0.3) is 11.1 Å². The molecular formula is C40H36F5N3O4. The van der Waals surface area contributed by atoms with Gasteiger partial charge in [-0.15, -0.1) is 0 Å². The third-order valence-corrected chi connectivity index (χ3v) is 8.99. The maximum Gasteiger partial charge on any atom is 0.257 e. The molecule has 1 fully saturated rings. The molecule has 52 heavy (non-hydrogen) atoms. The number of carbonyl (C=O) groups is 1. The van der Waals surface area contributed by atoms with E-state index < -0.39 is 46.8 Å². The van der Waals surface area contributed by atoms with E-state index in [0.29, 0.717) is 24.1 Å². The zero-order chi connectivity index (χ0) is 36.8. The fourth-order valence-corrected chi connectivity index (χ4v) is 6.17. The molecule has 1 amide bonds. The van der Waals surface area contributed by atoms with E-state index in [0.717, 1.165) is 40.9 Å². The Kier molecular flexibility index (Phi) is 11.7. The third kappa shape index (κ3) is 8.37. The van der Waals surface area contributed by atoms with Crippen LogP contribution in [-0.4, -0.2) is 47.1 Å². The average molecular weight is 718 g/mol. The highest BCUT2D eigenvalue weighted by Crippen LogP contribution is 2.39. The number of carbonyl (C=O) groups excluding carboxylic acids is 1. The summed E-state index contributed by atoms with van der Waals surface area (Å²) in [6.45, 7) is 1.13. The maximum absolute atomic E-state index is 14.2. The van der Waals surface area contributed by atoms with Crippen molar-refractivity contribution in [3.8, 4) is 11.1 Å². The molecule has 0 bridgehead atoms. The Morgan fingerprint density at radius 3 is 2.15 bits per heavy atom. The van der Waals surface area contributed by atoms with Crippen molar-refractivity contribution in [2.45, 2.75) is 44.5 Å². The Morgan fingerprint density at radius 1 is 0.827 bits per heavy atom. The zero-order valence-corrected chi connectivity index (χ0v) is 28.2. The molecule has 6 rings (SSSR count). The van der Waals surface area contributed by atoms with Gasteiger partial charge in [0.1, 0.15) is 5.56 Å². The number of amides is 1. The summed E-state index contributed by atoms with van der Waals surface area (Å²) in [4.78, 5) is 19.2. The lowest BCUT2D eigenvalue weighted by molar-refractivity contribution is -0.252. The molecule has 0 saturated carbocycles. The Bertz CT molecular complexity index is 1970. The molecule has 270 valence electrons. The number of nitrogens with zero attached hydrogens (tertiary/aromatic N) is 2. The van der Waals surface area contributed by atoms with Crippen LogP contribution in [0.15, 0.2) is 97.2 Å². The van der Waals surface area contributed by atoms with Crippen LogP contribution in [-0.2, 0) is 29.0 Å². The van der Waals surface area contributed by atoms with Gasteiger partial charge in [-0.1, -0.05) is 78.9 Å². The number of hydrogen-bond donors (Lipinski definition) is 2. The molecule has 1 saturated heterocycles. The molecule has 0 unspecified atom stereocenters. The van der Waals surface area contributed by atoms with E-state index >= 15 is 0 Å². The molecule has 1 aliphatic heterocycles. The minimum Gasteiger partial charge on any atom is -0.392 e. The van der Waals surface area contributed by atoms with Crippen molar-refractivity contribution in [1.29, 1.82) is 0 Å². The lowest BCUT2D eigenvalue weighted by Gasteiger charge is -2.38. The van der Waals surface area contributed by atoms with Gasteiger partial charge in [-0.25, -0.2) is 22.0 Å². The fourth-order valence-electron chi connectivity index (χ4n) is 6.17. The van der Waals surface area contributed by atoms with Gasteiger partial charge >= 0.3 is 0 Å². The summed E-state index contributed by atoms with van der Waals surface area (Å²) >= 11 is 0. The number of benzene rings is 4. The van der Waals surface area contributed by atoms with Gasteiger partial charge in [0.15, 0.2) is 29.6 Å². The molecule has 12 heteroatoms. The molecule has 0 spiro atoms. The summed E-state index contributed by atoms with van der Waals surface area (Å²) in [6, 6.07) is 27.8. The van der Waals surface area contributed by atoms with E-state index in [1.165, 1.54) is 0 Å². The zero-order valence-electron chi connectivity index (χ0n) is 28.2. The number of ether oxygens (including phenoxy) is 2. The summed E-state index contributed by atoms with van der Waals surface area (Å²) in [5, 5.41) is 11.8. The number of nitrogens with one attached hydrogen (secondary N) is 1. The van der Waals surface area contributed by atoms with Gasteiger partial charge in [0.05, 0.1) is 18.8 Å². The van der Waals surface area contributed by atoms with Gasteiger partial charge in [0.2, 0.25) is 5.82 Å². The molecule has 2 N–H and O–H groups in total. The van der Waals surface area contributed by atoms with Crippen LogP contribution in [0.2, 0.25) is 0 Å². The second kappa shape index (κ2) is 16.6. The van der Waals surface area contributed by atoms with Crippen molar-refractivity contribution < 1.29 is 41.3 Å². The highest BCUT2D eigenvalue weighted by molar-refractivity contribution is 5.95. The van der Waals surface area contributed by atoms with Crippen LogP contribution in [0.1, 0.15) is 57.1 Å². The van der Waals surface area contributed by atoms with Crippen LogP contribution < -0.4 is 5.32 Å². The Labute approximate surface area is 297 Å². The second-order valence-electron chi connectivity index (χ2n) is 12.6. The molecule has 3 atom stereocenters. The molecule has 7 nitrogen and oxygen atoms in total. The normalized spacial score (nSPS) is 17.3. The molecule has 0 aliphatic carbocycles. The van der Waals surface area contributed by atoms with E-state index in [1.807, 2.05) is 73.8 Å². The van der Waals surface area contributed by atoms with Crippen LogP contribution in [0, 0.1) is 29.1 Å². The average Bonchev–Trinajstić information content (AvgIpc) is 3.18. The minimum absolute atomic E-state index is 0.0611. The maximum atomic E-state index is 14.2. The smallest absolute Gasteiger partial charge is 0.257 e. The summed E-state index contributed by atoms with van der Waals surface area (Å²) in [5.74, 6) is -12.6. The number of aliphatic hydroxyl groups excluding tert-OH is 1. The Morgan fingerprint density at radius 2 is 1.48 bits per heavy atom. The van der Waals surface area contributed by atoms with Crippen LogP contribution >= 0.6 is 0 Å². The highest BCUT2D eigenvalue weighted by Gasteiger charge is 2.33. The lowest BCUT2D eigenvalue weighted by Crippen LogP contribution is -2.38. The van der Waals surface area contributed by atoms with E-state index in [2.05, 4.69) is 15.2 Å². The monoisotopic (exact) mass is 717 g/mol. The first-order valence-corrected chi connectivity index (χ1v) is 16.7. The first kappa shape index (κ1) is 36.8. The fraction of sp³-hybridized carbons (Fsp3) is 0.250. The van der Waals surface area contributed by atoms with Crippen molar-refractivity contribution in [3.05, 3.63) is 160 Å². The Hall–Kier alpha value is -5.01. The van der Waals surface area contributed by atoms with E-state index in [4.69, 9.17) is 9.47 Å². The number of aromatic nitrogens is 1. The van der Waals surface area contributed by atoms with Crippen molar-refractivity contribution in [2.24, 2.45) is 0 Å². The quantitative estimate of drug-likeness (QED) is 0.0787. The standard InChI is InChI=1S/C40H36F5N3O4/c1-48(19-17-29-7-4-5-18-46-29)22-30-20-32(26-11-9-24(23-49)10-12-26)52-40(51-30)27-15-13-25(14-16-27)31-8-3-2-6-28(31)21-47-39(50)33-34(41)36(43)38(45)37(44)35(33)42/h2-16,18,30,32,40,49H,17,19-23H2,1H3,(H,47,50)/t30-,32+,40+/m0/s1. The molecule has 1 aliphatic rings. The van der Waals surface area contributed by atoms with Crippen LogP contribution in [0.4, 0.5) is 22.0 Å². The van der Waals surface area contributed by atoms with E-state index in [9.17, 15) is 31.9 Å². The number of halogens is 5. The molecule has 1 aromatic heterocycles. The molecular weight excluding hydrogens is 681 g/mol. The van der Waals surface area contributed by atoms with Gasteiger partial charge in [-0.3, -0.25) is 9.78 Å². The number of pyridine rings is 1. The predicted molar refractivity (Wildman–Crippen MR) is 183 cm³/mol. The highest BCUT2D eigenvalue weighted by atomic mass is 19.2. The van der Waals surface area contributed by atoms with E-state index in [-0.39, 0.29) is 25.4 Å². The lowest BCUT2D eigenvalue weighted by atomic mass is 9.97. The molecule has 5 aromatic rings. The first-order valence-electron chi connectivity index (χ1n) is 16.7. The summed E-state index contributed by atoms with van der Waals surface area (Å²) in [6.07, 6.45) is 2.04. The van der Waals surface area contributed by atoms with Crippen LogP contribution in [0.5, 0.6) is 0 Å². The first-order chi connectivity index (χ1) is 25.1. The SMILES string of the molecule is CN(CCc1ccccn1)C[C@@H]1C[C@H](c2ccc(CO)cc2)O[C@H](c2ccc(-c3ccccc3CNC(=O)c3c(F)c(F)c(F)c(F)c3F)cc2)O1. The summed E-state index contributed by atoms with van der Waals surface area (Å²) in [5.41, 5.74) is 3.93. The van der Waals surface area contributed by atoms with Crippen molar-refractivity contribution in [1.82, 2.24) is 15.2 Å².